The minimum atomic E-state index is -4.37. The lowest BCUT2D eigenvalue weighted by atomic mass is 10.1. The fourth-order valence-electron chi connectivity index (χ4n) is 3.58. The van der Waals surface area contributed by atoms with Gasteiger partial charge in [0.05, 0.1) is 11.3 Å². The van der Waals surface area contributed by atoms with E-state index in [9.17, 15) is 13.2 Å². The third kappa shape index (κ3) is 4.06. The molecule has 0 N–H and O–H groups in total. The molecule has 3 heterocycles. The van der Waals surface area contributed by atoms with Crippen LogP contribution in [-0.2, 0) is 13.2 Å². The summed E-state index contributed by atoms with van der Waals surface area (Å²) in [5.41, 5.74) is 1.32. The molecule has 1 aromatic carbocycles. The number of halogens is 3. The number of imidazole rings is 1. The van der Waals surface area contributed by atoms with Crippen molar-refractivity contribution in [1.29, 1.82) is 0 Å². The minimum absolute atomic E-state index is 0.462. The highest BCUT2D eigenvalue weighted by molar-refractivity contribution is 5.62. The Bertz CT molecular complexity index is 1000. The number of aromatic nitrogens is 3. The van der Waals surface area contributed by atoms with E-state index in [4.69, 9.17) is 0 Å². The van der Waals surface area contributed by atoms with Gasteiger partial charge in [-0.2, -0.15) is 13.2 Å². The van der Waals surface area contributed by atoms with Gasteiger partial charge in [-0.3, -0.25) is 0 Å². The average Bonchev–Trinajstić information content (AvgIpc) is 3.09. The van der Waals surface area contributed by atoms with Gasteiger partial charge in [0.25, 0.3) is 0 Å². The van der Waals surface area contributed by atoms with Crippen molar-refractivity contribution in [1.82, 2.24) is 14.5 Å². The maximum Gasteiger partial charge on any atom is 0.416 e. The number of anilines is 2. The van der Waals surface area contributed by atoms with Crippen LogP contribution in [0.2, 0.25) is 0 Å². The predicted octanol–water partition coefficient (Wildman–Crippen LogP) is 4.14. The van der Waals surface area contributed by atoms with E-state index in [1.165, 1.54) is 6.07 Å². The number of hydrogen-bond donors (Lipinski definition) is 0. The molecule has 0 atom stereocenters. The molecule has 8 heteroatoms. The number of rotatable bonds is 3. The highest BCUT2D eigenvalue weighted by Gasteiger charge is 2.30. The van der Waals surface area contributed by atoms with Crippen LogP contribution >= 0.6 is 0 Å². The molecule has 0 unspecified atom stereocenters. The summed E-state index contributed by atoms with van der Waals surface area (Å²) in [6.07, 6.45) is -2.59. The predicted molar refractivity (Wildman–Crippen MR) is 107 cm³/mol. The summed E-state index contributed by atoms with van der Waals surface area (Å²) in [7, 11) is 1.87. The number of hydrogen-bond acceptors (Lipinski definition) is 4. The lowest BCUT2D eigenvalue weighted by Gasteiger charge is -2.36. The van der Waals surface area contributed by atoms with Crippen molar-refractivity contribution < 1.29 is 13.2 Å². The van der Waals surface area contributed by atoms with Crippen LogP contribution in [0, 0.1) is 6.92 Å². The fourth-order valence-corrected chi connectivity index (χ4v) is 3.58. The Kier molecular flexibility index (Phi) is 4.94. The Hall–Kier alpha value is -3.03. The van der Waals surface area contributed by atoms with Gasteiger partial charge in [0, 0.05) is 50.7 Å². The SMILES string of the molecule is Cc1cccc(N2CCN(c3nc(-c4cccc(C(F)(F)F)c4)cn3C)CC2)n1. The third-order valence-electron chi connectivity index (χ3n) is 5.10. The summed E-state index contributed by atoms with van der Waals surface area (Å²) < 4.78 is 40.9. The molecule has 0 spiro atoms. The van der Waals surface area contributed by atoms with E-state index < -0.39 is 11.7 Å². The van der Waals surface area contributed by atoms with Gasteiger partial charge in [-0.1, -0.05) is 18.2 Å². The maximum absolute atomic E-state index is 13.0. The summed E-state index contributed by atoms with van der Waals surface area (Å²) in [5, 5.41) is 0. The topological polar surface area (TPSA) is 37.2 Å². The lowest BCUT2D eigenvalue weighted by molar-refractivity contribution is -0.137. The smallest absolute Gasteiger partial charge is 0.353 e. The number of alkyl halides is 3. The molecule has 0 aliphatic carbocycles. The molecule has 3 aromatic rings. The van der Waals surface area contributed by atoms with Crippen LogP contribution < -0.4 is 9.80 Å². The molecule has 0 amide bonds. The molecule has 1 saturated heterocycles. The fraction of sp³-hybridized carbons (Fsp3) is 0.333. The second-order valence-electron chi connectivity index (χ2n) is 7.23. The molecule has 0 bridgehead atoms. The first-order valence-corrected chi connectivity index (χ1v) is 9.46. The molecule has 5 nitrogen and oxygen atoms in total. The summed E-state index contributed by atoms with van der Waals surface area (Å²) in [6.45, 7) is 5.12. The number of benzene rings is 1. The van der Waals surface area contributed by atoms with E-state index in [2.05, 4.69) is 19.8 Å². The first kappa shape index (κ1) is 19.3. The number of aryl methyl sites for hydroxylation is 2. The minimum Gasteiger partial charge on any atom is -0.353 e. The Morgan fingerprint density at radius 3 is 2.28 bits per heavy atom. The van der Waals surface area contributed by atoms with Gasteiger partial charge in [0.1, 0.15) is 5.82 Å². The maximum atomic E-state index is 13.0. The van der Waals surface area contributed by atoms with Crippen LogP contribution in [0.5, 0.6) is 0 Å². The van der Waals surface area contributed by atoms with Gasteiger partial charge < -0.3 is 14.4 Å². The first-order chi connectivity index (χ1) is 13.8. The quantitative estimate of drug-likeness (QED) is 0.661. The molecule has 1 aliphatic rings. The number of pyridine rings is 1. The van der Waals surface area contributed by atoms with Crippen LogP contribution in [0.3, 0.4) is 0 Å². The molecule has 4 rings (SSSR count). The van der Waals surface area contributed by atoms with Gasteiger partial charge in [0.2, 0.25) is 5.95 Å². The molecular weight excluding hydrogens is 379 g/mol. The van der Waals surface area contributed by atoms with Crippen molar-refractivity contribution in [3.63, 3.8) is 0 Å². The van der Waals surface area contributed by atoms with Gasteiger partial charge in [-0.15, -0.1) is 0 Å². The molecule has 1 aliphatic heterocycles. The van der Waals surface area contributed by atoms with Gasteiger partial charge >= 0.3 is 6.18 Å². The number of piperazine rings is 1. The standard InChI is InChI=1S/C21H22F3N5/c1-15-5-3-8-19(25-15)28-9-11-29(12-10-28)20-26-18(14-27(20)2)16-6-4-7-17(13-16)21(22,23)24/h3-8,13-14H,9-12H2,1-2H3. The zero-order chi connectivity index (χ0) is 20.6. The largest absolute Gasteiger partial charge is 0.416 e. The molecule has 0 radical (unpaired) electrons. The van der Waals surface area contributed by atoms with E-state index in [-0.39, 0.29) is 0 Å². The van der Waals surface area contributed by atoms with Crippen molar-refractivity contribution >= 4 is 11.8 Å². The van der Waals surface area contributed by atoms with Crippen molar-refractivity contribution in [2.24, 2.45) is 7.05 Å². The van der Waals surface area contributed by atoms with Crippen LogP contribution in [0.15, 0.2) is 48.7 Å². The van der Waals surface area contributed by atoms with Crippen molar-refractivity contribution in [3.05, 3.63) is 59.9 Å². The van der Waals surface area contributed by atoms with Crippen LogP contribution in [-0.4, -0.2) is 40.7 Å². The highest BCUT2D eigenvalue weighted by Crippen LogP contribution is 2.32. The van der Waals surface area contributed by atoms with Crippen LogP contribution in [0.25, 0.3) is 11.3 Å². The van der Waals surface area contributed by atoms with Gasteiger partial charge in [-0.05, 0) is 31.2 Å². The van der Waals surface area contributed by atoms with E-state index in [0.717, 1.165) is 55.8 Å². The number of nitrogens with zero attached hydrogens (tertiary/aromatic N) is 5. The highest BCUT2D eigenvalue weighted by atomic mass is 19.4. The average molecular weight is 401 g/mol. The molecule has 2 aromatic heterocycles. The van der Waals surface area contributed by atoms with Crippen molar-refractivity contribution in [2.75, 3.05) is 36.0 Å². The second kappa shape index (κ2) is 7.42. The summed E-state index contributed by atoms with van der Waals surface area (Å²) in [5.74, 6) is 1.73. The van der Waals surface area contributed by atoms with Crippen LogP contribution in [0.4, 0.5) is 24.9 Å². The van der Waals surface area contributed by atoms with Gasteiger partial charge in [-0.25, -0.2) is 9.97 Å². The third-order valence-corrected chi connectivity index (χ3v) is 5.10. The Morgan fingerprint density at radius 2 is 1.59 bits per heavy atom. The zero-order valence-corrected chi connectivity index (χ0v) is 16.3. The van der Waals surface area contributed by atoms with Gasteiger partial charge in [0.15, 0.2) is 0 Å². The van der Waals surface area contributed by atoms with E-state index in [0.29, 0.717) is 11.3 Å². The second-order valence-corrected chi connectivity index (χ2v) is 7.23. The Morgan fingerprint density at radius 1 is 0.897 bits per heavy atom. The van der Waals surface area contributed by atoms with Crippen LogP contribution in [0.1, 0.15) is 11.3 Å². The van der Waals surface area contributed by atoms with E-state index in [1.54, 1.807) is 12.3 Å². The molecular formula is C21H22F3N5. The first-order valence-electron chi connectivity index (χ1n) is 9.46. The summed E-state index contributed by atoms with van der Waals surface area (Å²) in [4.78, 5) is 13.6. The Labute approximate surface area is 167 Å². The lowest BCUT2D eigenvalue weighted by Crippen LogP contribution is -2.47. The molecule has 29 heavy (non-hydrogen) atoms. The Balaban J connectivity index is 1.51. The van der Waals surface area contributed by atoms with E-state index >= 15 is 0 Å². The van der Waals surface area contributed by atoms with E-state index in [1.807, 2.05) is 36.7 Å². The zero-order valence-electron chi connectivity index (χ0n) is 16.3. The van der Waals surface area contributed by atoms with Crippen molar-refractivity contribution in [2.45, 2.75) is 13.1 Å². The summed E-state index contributed by atoms with van der Waals surface area (Å²) >= 11 is 0. The molecule has 152 valence electrons. The monoisotopic (exact) mass is 401 g/mol. The summed E-state index contributed by atoms with van der Waals surface area (Å²) in [6, 6.07) is 11.3. The van der Waals surface area contributed by atoms with Crippen molar-refractivity contribution in [3.8, 4) is 11.3 Å². The molecule has 1 fully saturated rings. The molecule has 0 saturated carbocycles. The normalized spacial score (nSPS) is 15.1.